The Bertz CT molecular complexity index is 720. The monoisotopic (exact) mass is 276 g/mol. The van der Waals surface area contributed by atoms with Crippen LogP contribution in [-0.4, -0.2) is 30.8 Å². The van der Waals surface area contributed by atoms with E-state index in [-0.39, 0.29) is 28.5 Å². The standard InChI is InChI=1S/C12H12N4O4/c1-6-4-5-9(12(17)18)11(13-6)15-8(3)10(16(19)20)7(2)14-15/h4-5H,1-3H3,(H,17,18). The van der Waals surface area contributed by atoms with Crippen LogP contribution in [0.2, 0.25) is 0 Å². The lowest BCUT2D eigenvalue weighted by Crippen LogP contribution is -2.11. The van der Waals surface area contributed by atoms with Crippen LogP contribution in [0.5, 0.6) is 0 Å². The van der Waals surface area contributed by atoms with Crippen LogP contribution >= 0.6 is 0 Å². The van der Waals surface area contributed by atoms with E-state index in [2.05, 4.69) is 10.1 Å². The van der Waals surface area contributed by atoms with E-state index in [0.717, 1.165) is 0 Å². The van der Waals surface area contributed by atoms with Crippen molar-refractivity contribution >= 4 is 11.7 Å². The summed E-state index contributed by atoms with van der Waals surface area (Å²) in [5.41, 5.74) is 0.862. The first-order chi connectivity index (χ1) is 9.32. The Kier molecular flexibility index (Phi) is 3.23. The van der Waals surface area contributed by atoms with Gasteiger partial charge < -0.3 is 5.11 Å². The van der Waals surface area contributed by atoms with E-state index in [1.165, 1.54) is 24.6 Å². The second-order valence-corrected chi connectivity index (χ2v) is 4.32. The maximum absolute atomic E-state index is 11.2. The highest BCUT2D eigenvalue weighted by molar-refractivity contribution is 5.91. The number of rotatable bonds is 3. The van der Waals surface area contributed by atoms with Crippen molar-refractivity contribution in [3.63, 3.8) is 0 Å². The molecule has 0 fully saturated rings. The lowest BCUT2D eigenvalue weighted by atomic mass is 10.2. The van der Waals surface area contributed by atoms with Crippen LogP contribution in [0.1, 0.15) is 27.4 Å². The zero-order chi connectivity index (χ0) is 15.0. The molecule has 0 aliphatic rings. The quantitative estimate of drug-likeness (QED) is 0.675. The van der Waals surface area contributed by atoms with Gasteiger partial charge in [0.05, 0.1) is 4.92 Å². The molecule has 0 aromatic carbocycles. The molecule has 2 aromatic heterocycles. The fourth-order valence-electron chi connectivity index (χ4n) is 1.98. The Hall–Kier alpha value is -2.77. The van der Waals surface area contributed by atoms with Gasteiger partial charge >= 0.3 is 11.7 Å². The number of hydrogen-bond donors (Lipinski definition) is 1. The van der Waals surface area contributed by atoms with Crippen molar-refractivity contribution in [1.82, 2.24) is 14.8 Å². The van der Waals surface area contributed by atoms with E-state index in [9.17, 15) is 20.0 Å². The first-order valence-corrected chi connectivity index (χ1v) is 5.75. The van der Waals surface area contributed by atoms with Gasteiger partial charge in [-0.3, -0.25) is 10.1 Å². The Balaban J connectivity index is 2.75. The van der Waals surface area contributed by atoms with E-state index in [0.29, 0.717) is 5.69 Å². The minimum atomic E-state index is -1.16. The highest BCUT2D eigenvalue weighted by Crippen LogP contribution is 2.25. The minimum absolute atomic E-state index is 0.0592. The van der Waals surface area contributed by atoms with Crippen molar-refractivity contribution in [2.24, 2.45) is 0 Å². The van der Waals surface area contributed by atoms with Crippen molar-refractivity contribution in [1.29, 1.82) is 0 Å². The van der Waals surface area contributed by atoms with E-state index < -0.39 is 10.9 Å². The largest absolute Gasteiger partial charge is 0.478 e. The van der Waals surface area contributed by atoms with Gasteiger partial charge in [0.15, 0.2) is 5.82 Å². The highest BCUT2D eigenvalue weighted by Gasteiger charge is 2.25. The summed E-state index contributed by atoms with van der Waals surface area (Å²) in [5, 5.41) is 24.2. The molecule has 0 saturated heterocycles. The summed E-state index contributed by atoms with van der Waals surface area (Å²) in [6.07, 6.45) is 0. The van der Waals surface area contributed by atoms with Crippen molar-refractivity contribution < 1.29 is 14.8 Å². The van der Waals surface area contributed by atoms with E-state index in [1.54, 1.807) is 13.0 Å². The first kappa shape index (κ1) is 13.7. The summed E-state index contributed by atoms with van der Waals surface area (Å²) in [5.74, 6) is -1.09. The molecule has 20 heavy (non-hydrogen) atoms. The Morgan fingerprint density at radius 1 is 1.35 bits per heavy atom. The number of aromatic carboxylic acids is 1. The number of nitro groups is 1. The number of hydrogen-bond acceptors (Lipinski definition) is 5. The smallest absolute Gasteiger partial charge is 0.339 e. The zero-order valence-electron chi connectivity index (χ0n) is 11.1. The van der Waals surface area contributed by atoms with Gasteiger partial charge in [-0.2, -0.15) is 5.10 Å². The van der Waals surface area contributed by atoms with Gasteiger partial charge in [-0.05, 0) is 32.9 Å². The molecule has 0 spiro atoms. The van der Waals surface area contributed by atoms with Crippen molar-refractivity contribution in [3.8, 4) is 5.82 Å². The summed E-state index contributed by atoms with van der Waals surface area (Å²) in [4.78, 5) is 25.8. The van der Waals surface area contributed by atoms with Crippen molar-refractivity contribution in [2.75, 3.05) is 0 Å². The fourth-order valence-corrected chi connectivity index (χ4v) is 1.98. The molecule has 104 valence electrons. The summed E-state index contributed by atoms with van der Waals surface area (Å²) in [6, 6.07) is 2.97. The molecule has 8 heteroatoms. The lowest BCUT2D eigenvalue weighted by Gasteiger charge is -2.07. The number of nitrogens with zero attached hydrogens (tertiary/aromatic N) is 4. The van der Waals surface area contributed by atoms with Crippen LogP contribution in [-0.2, 0) is 0 Å². The predicted octanol–water partition coefficient (Wildman–Crippen LogP) is 1.80. The molecule has 0 radical (unpaired) electrons. The summed E-state index contributed by atoms with van der Waals surface area (Å²) in [6.45, 7) is 4.71. The molecule has 0 aliphatic heterocycles. The Morgan fingerprint density at radius 3 is 2.50 bits per heavy atom. The zero-order valence-corrected chi connectivity index (χ0v) is 11.1. The molecule has 0 unspecified atom stereocenters. The molecule has 8 nitrogen and oxygen atoms in total. The van der Waals surface area contributed by atoms with Crippen molar-refractivity contribution in [2.45, 2.75) is 20.8 Å². The normalized spacial score (nSPS) is 10.6. The van der Waals surface area contributed by atoms with Crippen LogP contribution in [0, 0.1) is 30.9 Å². The molecule has 0 amide bonds. The second-order valence-electron chi connectivity index (χ2n) is 4.32. The molecule has 1 N–H and O–H groups in total. The maximum atomic E-state index is 11.2. The van der Waals surface area contributed by atoms with Crippen LogP contribution in [0.3, 0.4) is 0 Å². The molecular formula is C12H12N4O4. The first-order valence-electron chi connectivity index (χ1n) is 5.75. The number of carboxylic acids is 1. The lowest BCUT2D eigenvalue weighted by molar-refractivity contribution is -0.386. The number of aromatic nitrogens is 3. The van der Waals surface area contributed by atoms with E-state index in [4.69, 9.17) is 0 Å². The predicted molar refractivity (Wildman–Crippen MR) is 69.2 cm³/mol. The molecule has 0 aliphatic carbocycles. The van der Waals surface area contributed by atoms with Crippen LogP contribution in [0.15, 0.2) is 12.1 Å². The van der Waals surface area contributed by atoms with Crippen molar-refractivity contribution in [3.05, 3.63) is 44.9 Å². The van der Waals surface area contributed by atoms with Gasteiger partial charge in [0.1, 0.15) is 17.0 Å². The van der Waals surface area contributed by atoms with E-state index in [1.807, 2.05) is 0 Å². The van der Waals surface area contributed by atoms with E-state index >= 15 is 0 Å². The molecule has 0 bridgehead atoms. The summed E-state index contributed by atoms with van der Waals surface area (Å²) >= 11 is 0. The highest BCUT2D eigenvalue weighted by atomic mass is 16.6. The van der Waals surface area contributed by atoms with Gasteiger partial charge in [0, 0.05) is 5.69 Å². The number of pyridine rings is 1. The third-order valence-corrected chi connectivity index (χ3v) is 2.88. The molecule has 2 heterocycles. The van der Waals surface area contributed by atoms with Gasteiger partial charge in [0.2, 0.25) is 0 Å². The Labute approximate surface area is 113 Å². The molecule has 0 saturated carbocycles. The number of carbonyl (C=O) groups is 1. The molecular weight excluding hydrogens is 264 g/mol. The maximum Gasteiger partial charge on any atom is 0.339 e. The van der Waals surface area contributed by atoms with Gasteiger partial charge in [-0.1, -0.05) is 0 Å². The van der Waals surface area contributed by atoms with Gasteiger partial charge in [-0.15, -0.1) is 0 Å². The second kappa shape index (κ2) is 4.72. The van der Waals surface area contributed by atoms with Crippen LogP contribution in [0.25, 0.3) is 5.82 Å². The van der Waals surface area contributed by atoms with Crippen LogP contribution < -0.4 is 0 Å². The number of aryl methyl sites for hydroxylation is 2. The number of carboxylic acid groups (broad SMARTS) is 1. The Morgan fingerprint density at radius 2 is 2.00 bits per heavy atom. The van der Waals surface area contributed by atoms with Gasteiger partial charge in [0.25, 0.3) is 0 Å². The SMILES string of the molecule is Cc1ccc(C(=O)O)c(-n2nc(C)c([N+](=O)[O-])c2C)n1. The van der Waals surface area contributed by atoms with Crippen LogP contribution in [0.4, 0.5) is 5.69 Å². The molecule has 2 aromatic rings. The third-order valence-electron chi connectivity index (χ3n) is 2.88. The van der Waals surface area contributed by atoms with Gasteiger partial charge in [-0.25, -0.2) is 14.5 Å². The minimum Gasteiger partial charge on any atom is -0.478 e. The summed E-state index contributed by atoms with van der Waals surface area (Å²) in [7, 11) is 0. The topological polar surface area (TPSA) is 111 Å². The molecule has 2 rings (SSSR count). The molecule has 0 atom stereocenters. The fraction of sp³-hybridized carbons (Fsp3) is 0.250. The average Bonchev–Trinajstić information content (AvgIpc) is 2.64. The average molecular weight is 276 g/mol. The third kappa shape index (κ3) is 2.11. The summed E-state index contributed by atoms with van der Waals surface area (Å²) < 4.78 is 1.20.